The second-order valence-electron chi connectivity index (χ2n) is 2.40. The predicted octanol–water partition coefficient (Wildman–Crippen LogP) is 1.51. The van der Waals surface area contributed by atoms with Crippen molar-refractivity contribution in [2.75, 3.05) is 13.9 Å². The SMILES string of the molecule is COCOc1cccnc1C(=O)N=[N+]=[N-]. The van der Waals surface area contributed by atoms with Crippen LogP contribution >= 0.6 is 0 Å². The van der Waals surface area contributed by atoms with Crippen molar-refractivity contribution in [3.8, 4) is 5.75 Å². The molecule has 1 rings (SSSR count). The van der Waals surface area contributed by atoms with Crippen molar-refractivity contribution in [2.24, 2.45) is 5.11 Å². The summed E-state index contributed by atoms with van der Waals surface area (Å²) in [5.41, 5.74) is 8.07. The van der Waals surface area contributed by atoms with E-state index in [1.54, 1.807) is 6.07 Å². The van der Waals surface area contributed by atoms with E-state index >= 15 is 0 Å². The molecule has 7 nitrogen and oxygen atoms in total. The first-order valence-corrected chi connectivity index (χ1v) is 3.95. The van der Waals surface area contributed by atoms with Crippen LogP contribution in [0.4, 0.5) is 0 Å². The third-order valence-corrected chi connectivity index (χ3v) is 1.44. The maximum Gasteiger partial charge on any atom is 0.271 e. The quantitative estimate of drug-likeness (QED) is 0.324. The molecule has 0 aliphatic rings. The van der Waals surface area contributed by atoms with Gasteiger partial charge in [0, 0.05) is 18.2 Å². The highest BCUT2D eigenvalue weighted by molar-refractivity contribution is 5.95. The Morgan fingerprint density at radius 2 is 2.53 bits per heavy atom. The maximum absolute atomic E-state index is 11.2. The van der Waals surface area contributed by atoms with E-state index in [1.165, 1.54) is 19.4 Å². The van der Waals surface area contributed by atoms with E-state index in [4.69, 9.17) is 10.3 Å². The van der Waals surface area contributed by atoms with Gasteiger partial charge in [0.05, 0.1) is 0 Å². The third-order valence-electron chi connectivity index (χ3n) is 1.44. The Morgan fingerprint density at radius 3 is 3.20 bits per heavy atom. The second kappa shape index (κ2) is 5.58. The zero-order valence-corrected chi connectivity index (χ0v) is 7.95. The number of rotatable bonds is 4. The first kappa shape index (κ1) is 11.0. The predicted molar refractivity (Wildman–Crippen MR) is 50.2 cm³/mol. The molecular weight excluding hydrogens is 200 g/mol. The fourth-order valence-corrected chi connectivity index (χ4v) is 0.878. The third kappa shape index (κ3) is 2.94. The summed E-state index contributed by atoms with van der Waals surface area (Å²) < 4.78 is 9.74. The molecule has 7 heteroatoms. The Kier molecular flexibility index (Phi) is 4.08. The van der Waals surface area contributed by atoms with Gasteiger partial charge >= 0.3 is 0 Å². The Morgan fingerprint density at radius 1 is 1.73 bits per heavy atom. The van der Waals surface area contributed by atoms with Crippen LogP contribution in [0.3, 0.4) is 0 Å². The maximum atomic E-state index is 11.2. The van der Waals surface area contributed by atoms with Crippen LogP contribution in [-0.4, -0.2) is 24.8 Å². The monoisotopic (exact) mass is 208 g/mol. The van der Waals surface area contributed by atoms with Crippen molar-refractivity contribution < 1.29 is 14.3 Å². The smallest absolute Gasteiger partial charge is 0.271 e. The fourth-order valence-electron chi connectivity index (χ4n) is 0.878. The number of hydrogen-bond acceptors (Lipinski definition) is 4. The van der Waals surface area contributed by atoms with Crippen LogP contribution in [0.2, 0.25) is 0 Å². The highest BCUT2D eigenvalue weighted by Gasteiger charge is 2.11. The van der Waals surface area contributed by atoms with Crippen LogP contribution < -0.4 is 4.74 Å². The number of amides is 1. The normalized spacial score (nSPS) is 9.13. The number of carbonyl (C=O) groups excluding carboxylic acids is 1. The lowest BCUT2D eigenvalue weighted by atomic mass is 10.3. The van der Waals surface area contributed by atoms with Crippen LogP contribution in [0, 0.1) is 0 Å². The van der Waals surface area contributed by atoms with E-state index < -0.39 is 5.91 Å². The number of aromatic nitrogens is 1. The number of hydrogen-bond donors (Lipinski definition) is 0. The molecule has 0 saturated carbocycles. The van der Waals surface area contributed by atoms with Gasteiger partial charge < -0.3 is 9.47 Å². The molecule has 0 radical (unpaired) electrons. The van der Waals surface area contributed by atoms with Gasteiger partial charge in [-0.3, -0.25) is 4.79 Å². The van der Waals surface area contributed by atoms with E-state index in [0.29, 0.717) is 0 Å². The molecule has 1 aromatic rings. The van der Waals surface area contributed by atoms with Gasteiger partial charge in [-0.1, -0.05) is 0 Å². The van der Waals surface area contributed by atoms with E-state index in [-0.39, 0.29) is 18.2 Å². The van der Waals surface area contributed by atoms with Gasteiger partial charge in [-0.15, -0.1) is 0 Å². The standard InChI is InChI=1S/C8H8N4O3/c1-14-5-15-6-3-2-4-10-7(6)8(13)11-12-9/h2-4H,5H2,1H3. The van der Waals surface area contributed by atoms with Crippen molar-refractivity contribution in [3.05, 3.63) is 34.5 Å². The minimum Gasteiger partial charge on any atom is -0.465 e. The summed E-state index contributed by atoms with van der Waals surface area (Å²) >= 11 is 0. The van der Waals surface area contributed by atoms with Crippen LogP contribution in [0.15, 0.2) is 23.4 Å². The van der Waals surface area contributed by atoms with Gasteiger partial charge in [0.15, 0.2) is 18.2 Å². The summed E-state index contributed by atoms with van der Waals surface area (Å²) in [6.45, 7) is -0.0117. The molecule has 0 unspecified atom stereocenters. The molecule has 0 N–H and O–H groups in total. The zero-order valence-electron chi connectivity index (χ0n) is 7.95. The molecule has 0 aliphatic carbocycles. The molecule has 0 atom stereocenters. The Labute approximate surface area is 85.3 Å². The molecule has 1 heterocycles. The molecule has 0 saturated heterocycles. The number of carbonyl (C=O) groups is 1. The molecule has 15 heavy (non-hydrogen) atoms. The Hall–Kier alpha value is -2.11. The van der Waals surface area contributed by atoms with Crippen molar-refractivity contribution in [2.45, 2.75) is 0 Å². The average Bonchev–Trinajstić information content (AvgIpc) is 2.27. The molecule has 78 valence electrons. The van der Waals surface area contributed by atoms with Gasteiger partial charge in [-0.05, 0) is 22.8 Å². The van der Waals surface area contributed by atoms with E-state index in [0.717, 1.165) is 0 Å². The summed E-state index contributed by atoms with van der Waals surface area (Å²) in [6.07, 6.45) is 1.40. The van der Waals surface area contributed by atoms with E-state index in [1.807, 2.05) is 0 Å². The topological polar surface area (TPSA) is 97.2 Å². The number of azide groups is 1. The summed E-state index contributed by atoms with van der Waals surface area (Å²) in [4.78, 5) is 17.4. The van der Waals surface area contributed by atoms with Crippen LogP contribution in [0.1, 0.15) is 10.5 Å². The van der Waals surface area contributed by atoms with Crippen LogP contribution in [0.25, 0.3) is 10.4 Å². The average molecular weight is 208 g/mol. The van der Waals surface area contributed by atoms with Crippen molar-refractivity contribution in [3.63, 3.8) is 0 Å². The largest absolute Gasteiger partial charge is 0.465 e. The minimum absolute atomic E-state index is 0.0117. The minimum atomic E-state index is -0.788. The molecule has 0 aliphatic heterocycles. The van der Waals surface area contributed by atoms with Gasteiger partial charge in [0.2, 0.25) is 0 Å². The second-order valence-corrected chi connectivity index (χ2v) is 2.40. The number of methoxy groups -OCH3 is 1. The van der Waals surface area contributed by atoms with Gasteiger partial charge in [-0.2, -0.15) is 0 Å². The summed E-state index contributed by atoms with van der Waals surface area (Å²) in [5, 5.41) is 2.92. The first-order valence-electron chi connectivity index (χ1n) is 3.95. The molecule has 0 fully saturated rings. The van der Waals surface area contributed by atoms with Gasteiger partial charge in [0.1, 0.15) is 0 Å². The molecular formula is C8H8N4O3. The summed E-state index contributed by atoms with van der Waals surface area (Å²) in [5.74, 6) is -0.569. The molecule has 0 bridgehead atoms. The Balaban J connectivity index is 2.95. The molecule has 0 spiro atoms. The zero-order chi connectivity index (χ0) is 11.1. The number of nitrogens with zero attached hydrogens (tertiary/aromatic N) is 4. The molecule has 1 amide bonds. The van der Waals surface area contributed by atoms with E-state index in [2.05, 4.69) is 19.7 Å². The van der Waals surface area contributed by atoms with Crippen LogP contribution in [-0.2, 0) is 4.74 Å². The first-order chi connectivity index (χ1) is 7.29. The van der Waals surface area contributed by atoms with Gasteiger partial charge in [0.25, 0.3) is 5.91 Å². The summed E-state index contributed by atoms with van der Waals surface area (Å²) in [6, 6.07) is 3.13. The fraction of sp³-hybridized carbons (Fsp3) is 0.250. The summed E-state index contributed by atoms with van der Waals surface area (Å²) in [7, 11) is 1.45. The lowest BCUT2D eigenvalue weighted by molar-refractivity contribution is 0.0499. The van der Waals surface area contributed by atoms with Gasteiger partial charge in [-0.25, -0.2) is 4.98 Å². The number of pyridine rings is 1. The number of ether oxygens (including phenoxy) is 2. The lowest BCUT2D eigenvalue weighted by Crippen LogP contribution is -2.06. The molecule has 0 aromatic carbocycles. The van der Waals surface area contributed by atoms with Crippen molar-refractivity contribution >= 4 is 5.91 Å². The highest BCUT2D eigenvalue weighted by Crippen LogP contribution is 2.16. The van der Waals surface area contributed by atoms with Crippen molar-refractivity contribution in [1.29, 1.82) is 0 Å². The Bertz CT molecular complexity index is 401. The highest BCUT2D eigenvalue weighted by atomic mass is 16.7. The molecule has 1 aromatic heterocycles. The lowest BCUT2D eigenvalue weighted by Gasteiger charge is -2.06. The van der Waals surface area contributed by atoms with E-state index in [9.17, 15) is 4.79 Å². The van der Waals surface area contributed by atoms with Crippen LogP contribution in [0.5, 0.6) is 5.75 Å². The van der Waals surface area contributed by atoms with Crippen molar-refractivity contribution in [1.82, 2.24) is 4.98 Å².